The van der Waals surface area contributed by atoms with Crippen molar-refractivity contribution in [3.05, 3.63) is 71.3 Å². The van der Waals surface area contributed by atoms with Gasteiger partial charge in [0.2, 0.25) is 5.91 Å². The summed E-state index contributed by atoms with van der Waals surface area (Å²) in [5, 5.41) is 8.99. The topological polar surface area (TPSA) is 90.5 Å². The number of amides is 3. The van der Waals surface area contributed by atoms with Gasteiger partial charge in [0.25, 0.3) is 0 Å². The molecule has 0 bridgehead atoms. The van der Waals surface area contributed by atoms with E-state index >= 15 is 0 Å². The van der Waals surface area contributed by atoms with Gasteiger partial charge in [0, 0.05) is 31.7 Å². The molecule has 2 aromatic rings. The maximum absolute atomic E-state index is 12.7. The molecular weight excluding hydrogens is 404 g/mol. The third-order valence-corrected chi connectivity index (χ3v) is 6.45. The first-order valence-electron chi connectivity index (χ1n) is 11.1. The van der Waals surface area contributed by atoms with Gasteiger partial charge in [-0.05, 0) is 47.2 Å². The van der Waals surface area contributed by atoms with Crippen LogP contribution in [-0.4, -0.2) is 41.2 Å². The molecule has 1 unspecified atom stereocenters. The van der Waals surface area contributed by atoms with Gasteiger partial charge in [-0.25, -0.2) is 4.79 Å². The van der Waals surface area contributed by atoms with Gasteiger partial charge >= 0.3 is 6.03 Å². The second-order valence-electron chi connectivity index (χ2n) is 8.59. The molecule has 5 rings (SSSR count). The quantitative estimate of drug-likeness (QED) is 0.696. The van der Waals surface area contributed by atoms with E-state index in [4.69, 9.17) is 0 Å². The maximum Gasteiger partial charge on any atom is 0.322 e. The van der Waals surface area contributed by atoms with Crippen LogP contribution in [0.25, 0.3) is 5.57 Å². The van der Waals surface area contributed by atoms with Crippen LogP contribution < -0.4 is 16.0 Å². The molecule has 164 valence electrons. The largest absolute Gasteiger partial charge is 0.346 e. The summed E-state index contributed by atoms with van der Waals surface area (Å²) in [6.45, 7) is 1.86. The number of hydrogen-bond donors (Lipinski definition) is 3. The maximum atomic E-state index is 12.7. The Morgan fingerprint density at radius 2 is 1.69 bits per heavy atom. The van der Waals surface area contributed by atoms with Crippen molar-refractivity contribution in [1.29, 1.82) is 0 Å². The third-order valence-electron chi connectivity index (χ3n) is 6.45. The second-order valence-corrected chi connectivity index (χ2v) is 8.59. The fraction of sp³-hybridized carbons (Fsp3) is 0.320. The van der Waals surface area contributed by atoms with E-state index in [2.05, 4.69) is 34.2 Å². The van der Waals surface area contributed by atoms with Crippen LogP contribution in [0.3, 0.4) is 0 Å². The van der Waals surface area contributed by atoms with Crippen molar-refractivity contribution < 1.29 is 14.4 Å². The molecule has 3 aliphatic heterocycles. The Kier molecular flexibility index (Phi) is 5.49. The molecule has 3 aliphatic rings. The highest BCUT2D eigenvalue weighted by Crippen LogP contribution is 2.27. The zero-order chi connectivity index (χ0) is 22.1. The average Bonchev–Trinajstić information content (AvgIpc) is 3.45. The summed E-state index contributed by atoms with van der Waals surface area (Å²) in [6.07, 6.45) is 3.67. The van der Waals surface area contributed by atoms with E-state index in [9.17, 15) is 14.4 Å². The minimum absolute atomic E-state index is 0.0506. The molecule has 0 saturated carbocycles. The summed E-state index contributed by atoms with van der Waals surface area (Å²) in [4.78, 5) is 38.7. The molecule has 0 radical (unpaired) electrons. The molecule has 3 N–H and O–H groups in total. The molecule has 0 aliphatic carbocycles. The molecule has 0 spiro atoms. The van der Waals surface area contributed by atoms with Crippen LogP contribution in [0.5, 0.6) is 0 Å². The number of ketones is 1. The van der Waals surface area contributed by atoms with Crippen molar-refractivity contribution in [2.75, 3.05) is 11.9 Å². The Morgan fingerprint density at radius 1 is 0.969 bits per heavy atom. The number of Topliss-reactive ketones (excluding diaryl/α,β-unsaturated/α-hetero) is 1. The number of anilines is 1. The smallest absolute Gasteiger partial charge is 0.322 e. The number of nitrogens with zero attached hydrogens (tertiary/aromatic N) is 1. The molecule has 7 heteroatoms. The number of hydrogen-bond acceptors (Lipinski definition) is 4. The van der Waals surface area contributed by atoms with Gasteiger partial charge in [0.1, 0.15) is 0 Å². The summed E-state index contributed by atoms with van der Waals surface area (Å²) in [5.41, 5.74) is 5.25. The Bertz CT molecular complexity index is 1070. The van der Waals surface area contributed by atoms with Crippen LogP contribution in [0.15, 0.2) is 54.6 Å². The fourth-order valence-corrected chi connectivity index (χ4v) is 4.65. The SMILES string of the molecule is O=C1CC[C@@H](C(=O)C2CC(c3ccc(NC(=O)N4Cc5ccccc5C4)cc3)=CCN2)N1. The van der Waals surface area contributed by atoms with E-state index in [1.807, 2.05) is 36.4 Å². The van der Waals surface area contributed by atoms with E-state index in [-0.39, 0.29) is 29.8 Å². The summed E-state index contributed by atoms with van der Waals surface area (Å²) < 4.78 is 0. The van der Waals surface area contributed by atoms with Crippen LogP contribution in [0.2, 0.25) is 0 Å². The first kappa shape index (κ1) is 20.5. The third kappa shape index (κ3) is 4.16. The molecule has 2 atom stereocenters. The summed E-state index contributed by atoms with van der Waals surface area (Å²) >= 11 is 0. The minimum Gasteiger partial charge on any atom is -0.346 e. The van der Waals surface area contributed by atoms with Gasteiger partial charge in [-0.15, -0.1) is 0 Å². The summed E-state index contributed by atoms with van der Waals surface area (Å²) in [6, 6.07) is 15.1. The van der Waals surface area contributed by atoms with Crippen LogP contribution in [-0.2, 0) is 22.7 Å². The molecule has 3 heterocycles. The first-order chi connectivity index (χ1) is 15.6. The van der Waals surface area contributed by atoms with Crippen molar-refractivity contribution in [2.45, 2.75) is 44.4 Å². The van der Waals surface area contributed by atoms with Crippen molar-refractivity contribution in [3.63, 3.8) is 0 Å². The average molecular weight is 431 g/mol. The molecule has 1 saturated heterocycles. The molecule has 32 heavy (non-hydrogen) atoms. The number of fused-ring (bicyclic) bond motifs is 1. The Labute approximate surface area is 186 Å². The van der Waals surface area contributed by atoms with E-state index in [1.54, 1.807) is 4.90 Å². The van der Waals surface area contributed by atoms with Crippen LogP contribution in [0, 0.1) is 0 Å². The van der Waals surface area contributed by atoms with Gasteiger partial charge in [-0.2, -0.15) is 0 Å². The van der Waals surface area contributed by atoms with Crippen LogP contribution in [0.4, 0.5) is 10.5 Å². The van der Waals surface area contributed by atoms with E-state index < -0.39 is 0 Å². The van der Waals surface area contributed by atoms with Crippen molar-refractivity contribution in [1.82, 2.24) is 15.5 Å². The normalized spacial score (nSPS) is 22.2. The standard InChI is InChI=1S/C25H26N4O3/c30-23-10-9-21(28-23)24(31)22-13-17(11-12-26-22)16-5-7-20(8-6-16)27-25(32)29-14-18-3-1-2-4-19(18)15-29/h1-8,11,21-22,26H,9-10,12-15H2,(H,27,32)(H,28,30)/t21-,22?/m0/s1. The monoisotopic (exact) mass is 430 g/mol. The van der Waals surface area contributed by atoms with Crippen molar-refractivity contribution in [3.8, 4) is 0 Å². The Morgan fingerprint density at radius 3 is 2.34 bits per heavy atom. The van der Waals surface area contributed by atoms with Crippen molar-refractivity contribution >= 4 is 29.0 Å². The number of benzene rings is 2. The highest BCUT2D eigenvalue weighted by Gasteiger charge is 2.33. The van der Waals surface area contributed by atoms with Crippen LogP contribution in [0.1, 0.15) is 36.0 Å². The van der Waals surface area contributed by atoms with E-state index in [0.29, 0.717) is 38.9 Å². The molecule has 0 aromatic heterocycles. The van der Waals surface area contributed by atoms with Gasteiger partial charge in [0.15, 0.2) is 5.78 Å². The lowest BCUT2D eigenvalue weighted by atomic mass is 9.90. The fourth-order valence-electron chi connectivity index (χ4n) is 4.65. The van der Waals surface area contributed by atoms with Crippen molar-refractivity contribution in [2.24, 2.45) is 0 Å². The van der Waals surface area contributed by atoms with Gasteiger partial charge in [-0.3, -0.25) is 9.59 Å². The highest BCUT2D eigenvalue weighted by atomic mass is 16.2. The first-order valence-corrected chi connectivity index (χ1v) is 11.1. The highest BCUT2D eigenvalue weighted by molar-refractivity contribution is 5.96. The van der Waals surface area contributed by atoms with Gasteiger partial charge in [0.05, 0.1) is 12.1 Å². The zero-order valence-electron chi connectivity index (χ0n) is 17.8. The lowest BCUT2D eigenvalue weighted by molar-refractivity contribution is -0.125. The van der Waals surface area contributed by atoms with E-state index in [1.165, 1.54) is 11.1 Å². The molecule has 7 nitrogen and oxygen atoms in total. The number of carbonyl (C=O) groups excluding carboxylic acids is 3. The predicted octanol–water partition coefficient (Wildman–Crippen LogP) is 2.83. The van der Waals surface area contributed by atoms with Gasteiger partial charge in [-0.1, -0.05) is 42.5 Å². The number of carbonyl (C=O) groups is 3. The molecule has 1 fully saturated rings. The summed E-state index contributed by atoms with van der Waals surface area (Å²) in [5.74, 6) is 0.00214. The lowest BCUT2D eigenvalue weighted by Gasteiger charge is -2.25. The van der Waals surface area contributed by atoms with Gasteiger partial charge < -0.3 is 20.9 Å². The number of urea groups is 1. The van der Waals surface area contributed by atoms with E-state index in [0.717, 1.165) is 16.8 Å². The van der Waals surface area contributed by atoms with Crippen LogP contribution >= 0.6 is 0 Å². The molecular formula is C25H26N4O3. The Hall–Kier alpha value is -3.45. The zero-order valence-corrected chi connectivity index (χ0v) is 17.8. The molecule has 3 amide bonds. The second kappa shape index (κ2) is 8.59. The lowest BCUT2D eigenvalue weighted by Crippen LogP contribution is -2.48. The molecule has 2 aromatic carbocycles. The minimum atomic E-state index is -0.381. The predicted molar refractivity (Wildman–Crippen MR) is 122 cm³/mol. The number of nitrogens with one attached hydrogen (secondary N) is 3. The number of rotatable bonds is 4. The summed E-state index contributed by atoms with van der Waals surface area (Å²) in [7, 11) is 0. The Balaban J connectivity index is 1.19.